The minimum Gasteiger partial charge on any atom is -0.492 e. The van der Waals surface area contributed by atoms with E-state index in [0.29, 0.717) is 24.1 Å². The number of aromatic nitrogens is 3. The van der Waals surface area contributed by atoms with Crippen LogP contribution in [0.2, 0.25) is 0 Å². The number of nitrogens with zero attached hydrogens (tertiary/aromatic N) is 3. The molecule has 0 bridgehead atoms. The fourth-order valence-corrected chi connectivity index (χ4v) is 2.77. The van der Waals surface area contributed by atoms with Crippen molar-refractivity contribution in [2.24, 2.45) is 0 Å². The van der Waals surface area contributed by atoms with E-state index in [2.05, 4.69) is 15.3 Å². The number of carbonyl (C=O) groups is 1. The van der Waals surface area contributed by atoms with Crippen molar-refractivity contribution in [1.82, 2.24) is 19.9 Å². The second-order valence-corrected chi connectivity index (χ2v) is 6.76. The molecule has 7 nitrogen and oxygen atoms in total. The number of carbonyl (C=O) groups excluding carboxylic acids is 1. The van der Waals surface area contributed by atoms with Crippen LogP contribution in [-0.4, -0.2) is 33.6 Å². The second-order valence-electron chi connectivity index (χ2n) is 6.76. The van der Waals surface area contributed by atoms with Gasteiger partial charge in [0.05, 0.1) is 23.7 Å². The molecular formula is C22H24N4O3. The van der Waals surface area contributed by atoms with Crippen LogP contribution in [0.4, 0.5) is 0 Å². The number of hydrogen-bond acceptors (Lipinski definition) is 5. The molecule has 0 radical (unpaired) electrons. The Morgan fingerprint density at radius 2 is 2.07 bits per heavy atom. The van der Waals surface area contributed by atoms with Crippen LogP contribution < -0.4 is 15.6 Å². The first-order valence-corrected chi connectivity index (χ1v) is 9.51. The summed E-state index contributed by atoms with van der Waals surface area (Å²) in [6, 6.07) is 7.40. The largest absolute Gasteiger partial charge is 0.492 e. The van der Waals surface area contributed by atoms with Gasteiger partial charge in [0.1, 0.15) is 12.1 Å². The van der Waals surface area contributed by atoms with Gasteiger partial charge in [0, 0.05) is 25.0 Å². The van der Waals surface area contributed by atoms with Gasteiger partial charge in [-0.25, -0.2) is 4.98 Å². The van der Waals surface area contributed by atoms with Gasteiger partial charge < -0.3 is 10.1 Å². The third kappa shape index (κ3) is 5.51. The summed E-state index contributed by atoms with van der Waals surface area (Å²) in [4.78, 5) is 32.8. The summed E-state index contributed by atoms with van der Waals surface area (Å²) in [5.41, 5.74) is 2.57. The highest BCUT2D eigenvalue weighted by molar-refractivity contribution is 5.90. The topological polar surface area (TPSA) is 86.1 Å². The van der Waals surface area contributed by atoms with Gasteiger partial charge in [-0.05, 0) is 62.1 Å². The van der Waals surface area contributed by atoms with Gasteiger partial charge >= 0.3 is 0 Å². The molecule has 0 aliphatic heterocycles. The highest BCUT2D eigenvalue weighted by Gasteiger charge is 2.05. The molecule has 0 fully saturated rings. The summed E-state index contributed by atoms with van der Waals surface area (Å²) < 4.78 is 6.87. The number of benzene rings is 1. The molecule has 3 aromatic rings. The third-order valence-electron chi connectivity index (χ3n) is 4.56. The average molecular weight is 392 g/mol. The first-order valence-electron chi connectivity index (χ1n) is 9.51. The lowest BCUT2D eigenvalue weighted by Gasteiger charge is -2.06. The quantitative estimate of drug-likeness (QED) is 0.471. The van der Waals surface area contributed by atoms with Crippen LogP contribution in [-0.2, 0) is 4.79 Å². The van der Waals surface area contributed by atoms with E-state index in [1.807, 2.05) is 38.1 Å². The molecule has 0 atom stereocenters. The molecule has 2 heterocycles. The molecule has 1 amide bonds. The molecule has 0 aliphatic carbocycles. The molecule has 29 heavy (non-hydrogen) atoms. The predicted octanol–water partition coefficient (Wildman–Crippen LogP) is 2.85. The number of fused-ring (bicyclic) bond motifs is 1. The van der Waals surface area contributed by atoms with Crippen LogP contribution in [0.3, 0.4) is 0 Å². The van der Waals surface area contributed by atoms with E-state index >= 15 is 0 Å². The van der Waals surface area contributed by atoms with Crippen LogP contribution in [0.25, 0.3) is 17.1 Å². The zero-order valence-corrected chi connectivity index (χ0v) is 16.6. The van der Waals surface area contributed by atoms with Gasteiger partial charge in [-0.15, -0.1) is 0 Å². The molecule has 0 saturated carbocycles. The monoisotopic (exact) mass is 392 g/mol. The molecule has 1 aromatic carbocycles. The molecule has 1 N–H and O–H groups in total. The molecule has 0 saturated heterocycles. The van der Waals surface area contributed by atoms with Crippen LogP contribution in [0.5, 0.6) is 5.75 Å². The SMILES string of the molecule is Cc1cc2ncn(C=CC(=O)NCCCCOc3cccnc3)c(=O)c2cc1C. The number of ether oxygens (including phenoxy) is 1. The van der Waals surface area contributed by atoms with Crippen molar-refractivity contribution in [3.8, 4) is 5.75 Å². The fourth-order valence-electron chi connectivity index (χ4n) is 2.77. The Balaban J connectivity index is 1.47. The zero-order valence-electron chi connectivity index (χ0n) is 16.6. The maximum absolute atomic E-state index is 12.6. The summed E-state index contributed by atoms with van der Waals surface area (Å²) in [6.07, 6.45) is 9.16. The van der Waals surface area contributed by atoms with Crippen LogP contribution in [0.1, 0.15) is 24.0 Å². The molecular weight excluding hydrogens is 368 g/mol. The highest BCUT2D eigenvalue weighted by atomic mass is 16.5. The third-order valence-corrected chi connectivity index (χ3v) is 4.56. The Hall–Kier alpha value is -3.48. The maximum Gasteiger partial charge on any atom is 0.265 e. The van der Waals surface area contributed by atoms with Crippen LogP contribution in [0.15, 0.2) is 53.9 Å². The van der Waals surface area contributed by atoms with E-state index < -0.39 is 0 Å². The Kier molecular flexibility index (Phi) is 6.73. The lowest BCUT2D eigenvalue weighted by atomic mass is 10.1. The van der Waals surface area contributed by atoms with Crippen molar-refractivity contribution >= 4 is 23.0 Å². The van der Waals surface area contributed by atoms with Crippen molar-refractivity contribution in [3.05, 3.63) is 70.5 Å². The second kappa shape index (κ2) is 9.64. The van der Waals surface area contributed by atoms with Crippen LogP contribution in [0, 0.1) is 13.8 Å². The smallest absolute Gasteiger partial charge is 0.265 e. The summed E-state index contributed by atoms with van der Waals surface area (Å²) in [7, 11) is 0. The highest BCUT2D eigenvalue weighted by Crippen LogP contribution is 2.14. The number of nitrogens with one attached hydrogen (secondary N) is 1. The molecule has 0 spiro atoms. The summed E-state index contributed by atoms with van der Waals surface area (Å²) in [5, 5.41) is 3.33. The van der Waals surface area contributed by atoms with E-state index in [1.165, 1.54) is 23.2 Å². The maximum atomic E-state index is 12.6. The molecule has 2 aromatic heterocycles. The Bertz CT molecular complexity index is 1070. The normalized spacial score (nSPS) is 11.1. The molecule has 7 heteroatoms. The van der Waals surface area contributed by atoms with E-state index in [1.54, 1.807) is 12.4 Å². The van der Waals surface area contributed by atoms with Gasteiger partial charge in [0.15, 0.2) is 0 Å². The van der Waals surface area contributed by atoms with Gasteiger partial charge in [-0.1, -0.05) is 0 Å². The number of amides is 1. The molecule has 150 valence electrons. The number of hydrogen-bond donors (Lipinski definition) is 1. The molecule has 3 rings (SSSR count). The molecule has 0 aliphatic rings. The summed E-state index contributed by atoms with van der Waals surface area (Å²) in [6.45, 7) is 5.03. The average Bonchev–Trinajstić information content (AvgIpc) is 2.72. The minimum atomic E-state index is -0.259. The van der Waals surface area contributed by atoms with Crippen molar-refractivity contribution in [1.29, 1.82) is 0 Å². The van der Waals surface area contributed by atoms with Crippen molar-refractivity contribution in [3.63, 3.8) is 0 Å². The van der Waals surface area contributed by atoms with Gasteiger partial charge in [0.25, 0.3) is 5.56 Å². The van der Waals surface area contributed by atoms with Crippen molar-refractivity contribution in [2.75, 3.05) is 13.2 Å². The summed E-state index contributed by atoms with van der Waals surface area (Å²) in [5.74, 6) is 0.476. The van der Waals surface area contributed by atoms with Crippen molar-refractivity contribution in [2.45, 2.75) is 26.7 Å². The Morgan fingerprint density at radius 3 is 2.86 bits per heavy atom. The first kappa shape index (κ1) is 20.3. The molecule has 0 unspecified atom stereocenters. The predicted molar refractivity (Wildman–Crippen MR) is 113 cm³/mol. The van der Waals surface area contributed by atoms with Gasteiger partial charge in [-0.2, -0.15) is 0 Å². The lowest BCUT2D eigenvalue weighted by molar-refractivity contribution is -0.116. The Morgan fingerprint density at radius 1 is 1.24 bits per heavy atom. The fraction of sp³-hybridized carbons (Fsp3) is 0.273. The number of pyridine rings is 1. The minimum absolute atomic E-state index is 0.199. The lowest BCUT2D eigenvalue weighted by Crippen LogP contribution is -2.23. The van der Waals surface area contributed by atoms with Gasteiger partial charge in [-0.3, -0.25) is 19.1 Å². The standard InChI is InChI=1S/C22H24N4O3/c1-16-12-19-20(13-17(16)2)25-15-26(22(19)28)10-7-21(27)24-9-3-4-11-29-18-6-5-8-23-14-18/h5-8,10,12-15H,3-4,9,11H2,1-2H3,(H,24,27). The number of aryl methyl sites for hydroxylation is 2. The van der Waals surface area contributed by atoms with Crippen molar-refractivity contribution < 1.29 is 9.53 Å². The number of rotatable bonds is 8. The van der Waals surface area contributed by atoms with E-state index in [9.17, 15) is 9.59 Å². The van der Waals surface area contributed by atoms with Gasteiger partial charge in [0.2, 0.25) is 5.91 Å². The van der Waals surface area contributed by atoms with E-state index in [-0.39, 0.29) is 11.5 Å². The van der Waals surface area contributed by atoms with Crippen LogP contribution >= 0.6 is 0 Å². The zero-order chi connectivity index (χ0) is 20.6. The summed E-state index contributed by atoms with van der Waals surface area (Å²) >= 11 is 0. The number of unbranched alkanes of at least 4 members (excludes halogenated alkanes) is 1. The van der Waals surface area contributed by atoms with E-state index in [4.69, 9.17) is 4.74 Å². The van der Waals surface area contributed by atoms with E-state index in [0.717, 1.165) is 29.7 Å². The first-order chi connectivity index (χ1) is 14.0. The Labute approximate surface area is 169 Å².